The Labute approximate surface area is 164 Å². The van der Waals surface area contributed by atoms with E-state index in [1.807, 2.05) is 13.8 Å². The van der Waals surface area contributed by atoms with Crippen molar-refractivity contribution in [1.82, 2.24) is 20.2 Å². The fourth-order valence-electron chi connectivity index (χ4n) is 3.93. The Morgan fingerprint density at radius 3 is 3.00 bits per heavy atom. The molecular formula is C20H27F2N5O. The molecular weight excluding hydrogens is 364 g/mol. The molecule has 1 fully saturated rings. The Morgan fingerprint density at radius 2 is 2.21 bits per heavy atom. The van der Waals surface area contributed by atoms with Crippen LogP contribution in [0.25, 0.3) is 22.4 Å². The molecule has 0 bridgehead atoms. The molecule has 2 N–H and O–H groups in total. The summed E-state index contributed by atoms with van der Waals surface area (Å²) in [7, 11) is 0. The summed E-state index contributed by atoms with van der Waals surface area (Å²) in [4.78, 5) is 10.4. The molecule has 6 nitrogen and oxygen atoms in total. The molecule has 3 aromatic heterocycles. The molecule has 4 rings (SSSR count). The molecule has 0 spiro atoms. The van der Waals surface area contributed by atoms with Crippen LogP contribution >= 0.6 is 0 Å². The minimum Gasteiger partial charge on any atom is -0.390 e. The van der Waals surface area contributed by atoms with E-state index in [0.717, 1.165) is 0 Å². The first-order valence-corrected chi connectivity index (χ1v) is 9.45. The molecule has 3 aromatic rings. The topological polar surface area (TPSA) is 77.9 Å². The quantitative estimate of drug-likeness (QED) is 0.703. The van der Waals surface area contributed by atoms with Crippen molar-refractivity contribution >= 4 is 16.9 Å². The predicted molar refractivity (Wildman–Crippen MR) is 107 cm³/mol. The lowest BCUT2D eigenvalue weighted by Crippen LogP contribution is -2.55. The first-order chi connectivity index (χ1) is 13.4. The number of alkyl halides is 1. The van der Waals surface area contributed by atoms with Gasteiger partial charge in [0, 0.05) is 21.0 Å². The maximum absolute atomic E-state index is 15.4. The van der Waals surface area contributed by atoms with Gasteiger partial charge in [-0.05, 0) is 43.0 Å². The number of halogens is 2. The summed E-state index contributed by atoms with van der Waals surface area (Å²) < 4.78 is 29.9. The van der Waals surface area contributed by atoms with Gasteiger partial charge in [0.05, 0.1) is 18.3 Å². The number of aliphatic hydroxyl groups excluding tert-OH is 1. The van der Waals surface area contributed by atoms with Gasteiger partial charge >= 0.3 is 0 Å². The normalized spacial score (nSPS) is 22.9. The lowest BCUT2D eigenvalue weighted by Gasteiger charge is -2.42. The number of piperidine rings is 1. The first-order valence-electron chi connectivity index (χ1n) is 9.45. The zero-order valence-electron chi connectivity index (χ0n) is 15.9. The van der Waals surface area contributed by atoms with Gasteiger partial charge in [-0.25, -0.2) is 18.7 Å². The Morgan fingerprint density at radius 1 is 1.39 bits per heavy atom. The number of pyridine rings is 2. The fourth-order valence-corrected chi connectivity index (χ4v) is 3.93. The highest BCUT2D eigenvalue weighted by atomic mass is 19.1. The highest BCUT2D eigenvalue weighted by Gasteiger charge is 2.44. The van der Waals surface area contributed by atoms with Crippen molar-refractivity contribution in [3.05, 3.63) is 36.3 Å². The Balaban J connectivity index is 0.00000160. The van der Waals surface area contributed by atoms with Crippen molar-refractivity contribution in [2.45, 2.75) is 38.5 Å². The van der Waals surface area contributed by atoms with Gasteiger partial charge in [0.15, 0.2) is 17.1 Å². The number of nitrogens with zero attached hydrogens (tertiary/aromatic N) is 4. The number of hydrogen-bond acceptors (Lipinski definition) is 5. The summed E-state index contributed by atoms with van der Waals surface area (Å²) in [5, 5.41) is 17.8. The van der Waals surface area contributed by atoms with Gasteiger partial charge in [-0.15, -0.1) is 0 Å². The van der Waals surface area contributed by atoms with Crippen LogP contribution < -0.4 is 4.90 Å². The maximum atomic E-state index is 15.4. The molecule has 1 saturated heterocycles. The summed E-state index contributed by atoms with van der Waals surface area (Å²) >= 11 is 0. The van der Waals surface area contributed by atoms with Gasteiger partial charge in [0.25, 0.3) is 0 Å². The van der Waals surface area contributed by atoms with E-state index < -0.39 is 17.6 Å². The number of nitrogens with one attached hydrogen (secondary N) is 1. The van der Waals surface area contributed by atoms with E-state index in [-0.39, 0.29) is 27.4 Å². The van der Waals surface area contributed by atoms with E-state index in [4.69, 9.17) is 0 Å². The second kappa shape index (κ2) is 7.09. The number of H-pyrrole nitrogens is 1. The summed E-state index contributed by atoms with van der Waals surface area (Å²) in [5.41, 5.74) is -0.682. The largest absolute Gasteiger partial charge is 0.390 e. The number of aromatic amines is 1. The molecule has 0 aliphatic carbocycles. The first kappa shape index (κ1) is 18.7. The smallest absolute Gasteiger partial charge is 0.181 e. The van der Waals surface area contributed by atoms with Crippen LogP contribution in [0.5, 0.6) is 0 Å². The third kappa shape index (κ3) is 3.32. The van der Waals surface area contributed by atoms with Crippen molar-refractivity contribution in [3.63, 3.8) is 0 Å². The van der Waals surface area contributed by atoms with Gasteiger partial charge in [0.1, 0.15) is 11.5 Å². The molecule has 8 heteroatoms. The van der Waals surface area contributed by atoms with Gasteiger partial charge < -0.3 is 10.0 Å². The van der Waals surface area contributed by atoms with Gasteiger partial charge in [0.2, 0.25) is 0 Å². The van der Waals surface area contributed by atoms with Gasteiger partial charge in [-0.1, -0.05) is 13.8 Å². The molecule has 152 valence electrons. The minimum absolute atomic E-state index is 0. The molecule has 0 aromatic carbocycles. The molecule has 1 aliphatic rings. The molecule has 4 heterocycles. The molecule has 1 unspecified atom stereocenters. The Bertz CT molecular complexity index is 1000. The number of rotatable bonds is 4. The summed E-state index contributed by atoms with van der Waals surface area (Å²) in [6.45, 7) is 4.33. The lowest BCUT2D eigenvalue weighted by molar-refractivity contribution is -0.0340. The maximum Gasteiger partial charge on any atom is 0.181 e. The predicted octanol–water partition coefficient (Wildman–Crippen LogP) is 3.98. The lowest BCUT2D eigenvalue weighted by atomic mass is 9.84. The van der Waals surface area contributed by atoms with E-state index in [9.17, 15) is 9.50 Å². The summed E-state index contributed by atoms with van der Waals surface area (Å²) in [6, 6.07) is 6.41. The highest BCUT2D eigenvalue weighted by molar-refractivity contribution is 5.89. The Kier molecular flexibility index (Phi) is 4.74. The van der Waals surface area contributed by atoms with E-state index in [0.29, 0.717) is 35.5 Å². The fraction of sp³-hybridized carbons (Fsp3) is 0.450. The highest BCUT2D eigenvalue weighted by Crippen LogP contribution is 2.35. The van der Waals surface area contributed by atoms with Gasteiger partial charge in [-0.2, -0.15) is 5.10 Å². The number of aliphatic hydroxyl groups is 1. The van der Waals surface area contributed by atoms with Crippen LogP contribution in [0, 0.1) is 11.7 Å². The zero-order valence-corrected chi connectivity index (χ0v) is 15.9. The summed E-state index contributed by atoms with van der Waals surface area (Å²) in [5.74, 6) is 0.0878. The monoisotopic (exact) mass is 391 g/mol. The number of hydrogen-bond donors (Lipinski definition) is 2. The standard InChI is InChI=1S/C20H23F2N5O.2H2/c1-12(2)10-20(22)11-27(9-7-15(20)28)16-6-5-14(21)18(24-16)17-13-4-3-8-23-19(13)26-25-17;;/h3-6,8,12,15,28H,7,9-11H2,1-2H3,(H,23,25,26);2*1H/t15?,20-;;/m0../s1. The average Bonchev–Trinajstić information content (AvgIpc) is 3.08. The average molecular weight is 391 g/mol. The van der Waals surface area contributed by atoms with Crippen molar-refractivity contribution < 1.29 is 16.7 Å². The van der Waals surface area contributed by atoms with E-state index in [1.54, 1.807) is 29.3 Å². The van der Waals surface area contributed by atoms with E-state index in [1.165, 1.54) is 6.07 Å². The molecule has 28 heavy (non-hydrogen) atoms. The van der Waals surface area contributed by atoms with Crippen molar-refractivity contribution in [2.24, 2.45) is 5.92 Å². The van der Waals surface area contributed by atoms with E-state index >= 15 is 4.39 Å². The Hall–Kier alpha value is -2.61. The zero-order chi connectivity index (χ0) is 19.9. The van der Waals surface area contributed by atoms with Crippen LogP contribution in [0.2, 0.25) is 0 Å². The van der Waals surface area contributed by atoms with Crippen LogP contribution in [0.4, 0.5) is 14.6 Å². The van der Waals surface area contributed by atoms with Crippen molar-refractivity contribution in [1.29, 1.82) is 0 Å². The van der Waals surface area contributed by atoms with Crippen LogP contribution in [-0.2, 0) is 0 Å². The molecule has 2 atom stereocenters. The van der Waals surface area contributed by atoms with Crippen LogP contribution in [-0.4, -0.2) is 50.1 Å². The number of anilines is 1. The second-order valence-electron chi connectivity index (χ2n) is 7.83. The number of aromatic nitrogens is 4. The molecule has 0 saturated carbocycles. The number of fused-ring (bicyclic) bond motifs is 1. The van der Waals surface area contributed by atoms with Gasteiger partial charge in [-0.3, -0.25) is 5.10 Å². The van der Waals surface area contributed by atoms with E-state index in [2.05, 4.69) is 20.2 Å². The van der Waals surface area contributed by atoms with Crippen LogP contribution in [0.1, 0.15) is 29.5 Å². The van der Waals surface area contributed by atoms with Crippen LogP contribution in [0.15, 0.2) is 30.5 Å². The summed E-state index contributed by atoms with van der Waals surface area (Å²) in [6.07, 6.45) is 1.17. The second-order valence-corrected chi connectivity index (χ2v) is 7.83. The van der Waals surface area contributed by atoms with Crippen molar-refractivity contribution in [3.8, 4) is 11.4 Å². The van der Waals surface area contributed by atoms with Crippen molar-refractivity contribution in [2.75, 3.05) is 18.0 Å². The minimum atomic E-state index is -1.72. The third-order valence-corrected chi connectivity index (χ3v) is 5.19. The SMILES string of the molecule is CC(C)C[C@]1(F)CN(c2ccc(F)c(-c3[nH]nc4ncccc34)n2)CCC1O.[HH].[HH]. The van der Waals surface area contributed by atoms with Crippen LogP contribution in [0.3, 0.4) is 0 Å². The third-order valence-electron chi connectivity index (χ3n) is 5.19. The molecule has 0 radical (unpaired) electrons. The molecule has 0 amide bonds. The molecule has 1 aliphatic heterocycles.